The lowest BCUT2D eigenvalue weighted by Crippen LogP contribution is -2.31. The second kappa shape index (κ2) is 7.27. The molecule has 2 aromatic carbocycles. The zero-order valence-electron chi connectivity index (χ0n) is 15.2. The van der Waals surface area contributed by atoms with Gasteiger partial charge in [-0.05, 0) is 44.0 Å². The average molecular weight is 360 g/mol. The molecule has 0 aliphatic rings. The highest BCUT2D eigenvalue weighted by Gasteiger charge is 2.21. The van der Waals surface area contributed by atoms with Crippen LogP contribution in [0, 0.1) is 13.8 Å². The van der Waals surface area contributed by atoms with Gasteiger partial charge in [-0.2, -0.15) is 0 Å². The van der Waals surface area contributed by atoms with Crippen molar-refractivity contribution in [1.29, 1.82) is 0 Å². The lowest BCUT2D eigenvalue weighted by molar-refractivity contribution is 0.0940. The van der Waals surface area contributed by atoms with Crippen molar-refractivity contribution < 1.29 is 13.2 Å². The van der Waals surface area contributed by atoms with Crippen molar-refractivity contribution in [3.05, 3.63) is 64.7 Å². The minimum Gasteiger partial charge on any atom is -0.345 e. The van der Waals surface area contributed by atoms with E-state index in [0.29, 0.717) is 11.3 Å². The van der Waals surface area contributed by atoms with Crippen LogP contribution < -0.4 is 9.62 Å². The van der Waals surface area contributed by atoms with Crippen LogP contribution in [0.1, 0.15) is 40.0 Å². The number of nitrogens with one attached hydrogen (secondary N) is 1. The van der Waals surface area contributed by atoms with Crippen LogP contribution in [0.5, 0.6) is 0 Å². The van der Waals surface area contributed by atoms with Crippen molar-refractivity contribution >= 4 is 21.6 Å². The molecule has 2 aromatic rings. The van der Waals surface area contributed by atoms with E-state index < -0.39 is 10.0 Å². The van der Waals surface area contributed by atoms with Gasteiger partial charge >= 0.3 is 0 Å². The number of amides is 1. The molecule has 0 aliphatic carbocycles. The largest absolute Gasteiger partial charge is 0.345 e. The summed E-state index contributed by atoms with van der Waals surface area (Å²) in [6, 6.07) is 12.6. The first kappa shape index (κ1) is 19.0. The Morgan fingerprint density at radius 1 is 1.12 bits per heavy atom. The molecule has 0 spiro atoms. The molecule has 0 heterocycles. The van der Waals surface area contributed by atoms with Crippen LogP contribution in [0.15, 0.2) is 42.5 Å². The summed E-state index contributed by atoms with van der Waals surface area (Å²) in [5.41, 5.74) is 3.99. The summed E-state index contributed by atoms with van der Waals surface area (Å²) in [5.74, 6) is -0.307. The number of rotatable bonds is 5. The third kappa shape index (κ3) is 4.39. The van der Waals surface area contributed by atoms with Crippen molar-refractivity contribution in [2.45, 2.75) is 26.8 Å². The first-order valence-corrected chi connectivity index (χ1v) is 9.87. The Morgan fingerprint density at radius 3 is 2.36 bits per heavy atom. The lowest BCUT2D eigenvalue weighted by Gasteiger charge is -2.22. The van der Waals surface area contributed by atoms with Gasteiger partial charge in [0.2, 0.25) is 10.0 Å². The SMILES string of the molecule is Cc1ccc([C@H](C)NC(=O)c2ccccc2N(C)S(C)(=O)=O)c(C)c1. The van der Waals surface area contributed by atoms with Gasteiger partial charge in [0.1, 0.15) is 0 Å². The van der Waals surface area contributed by atoms with E-state index in [9.17, 15) is 13.2 Å². The summed E-state index contributed by atoms with van der Waals surface area (Å²) in [6.45, 7) is 5.95. The Hall–Kier alpha value is -2.34. The van der Waals surface area contributed by atoms with Crippen molar-refractivity contribution in [3.8, 4) is 0 Å². The summed E-state index contributed by atoms with van der Waals surface area (Å²) in [4.78, 5) is 12.7. The van der Waals surface area contributed by atoms with Gasteiger partial charge in [0.05, 0.1) is 23.5 Å². The van der Waals surface area contributed by atoms with Crippen LogP contribution in [-0.4, -0.2) is 27.6 Å². The molecule has 6 heteroatoms. The third-order valence-electron chi connectivity index (χ3n) is 4.22. The molecule has 0 bridgehead atoms. The molecular weight excluding hydrogens is 336 g/mol. The molecule has 2 rings (SSSR count). The fourth-order valence-corrected chi connectivity index (χ4v) is 3.30. The molecule has 0 saturated heterocycles. The van der Waals surface area contributed by atoms with Crippen LogP contribution in [-0.2, 0) is 10.0 Å². The van der Waals surface area contributed by atoms with Crippen LogP contribution in [0.2, 0.25) is 0 Å². The summed E-state index contributed by atoms with van der Waals surface area (Å²) in [7, 11) is -2.01. The van der Waals surface area contributed by atoms with Gasteiger partial charge in [0, 0.05) is 7.05 Å². The zero-order valence-corrected chi connectivity index (χ0v) is 16.0. The lowest BCUT2D eigenvalue weighted by atomic mass is 10.00. The van der Waals surface area contributed by atoms with E-state index in [4.69, 9.17) is 0 Å². The number of sulfonamides is 1. The van der Waals surface area contributed by atoms with Crippen molar-refractivity contribution in [1.82, 2.24) is 5.32 Å². The summed E-state index contributed by atoms with van der Waals surface area (Å²) < 4.78 is 24.8. The molecule has 0 radical (unpaired) electrons. The second-order valence-electron chi connectivity index (χ2n) is 6.30. The maximum atomic E-state index is 12.7. The van der Waals surface area contributed by atoms with Crippen molar-refractivity contribution in [3.63, 3.8) is 0 Å². The normalized spacial score (nSPS) is 12.5. The predicted octanol–water partition coefficient (Wildman–Crippen LogP) is 3.19. The first-order chi connectivity index (χ1) is 11.6. The number of aryl methyl sites for hydroxylation is 2. The monoisotopic (exact) mass is 360 g/mol. The van der Waals surface area contributed by atoms with E-state index in [2.05, 4.69) is 11.4 Å². The summed E-state index contributed by atoms with van der Waals surface area (Å²) >= 11 is 0. The van der Waals surface area contributed by atoms with Crippen LogP contribution in [0.4, 0.5) is 5.69 Å². The molecule has 0 fully saturated rings. The zero-order chi connectivity index (χ0) is 18.8. The van der Waals surface area contributed by atoms with Gasteiger partial charge in [-0.15, -0.1) is 0 Å². The fraction of sp³-hybridized carbons (Fsp3) is 0.316. The molecule has 0 unspecified atom stereocenters. The Labute approximate surface area is 149 Å². The number of nitrogens with zero attached hydrogens (tertiary/aromatic N) is 1. The van der Waals surface area contributed by atoms with Crippen molar-refractivity contribution in [2.75, 3.05) is 17.6 Å². The highest BCUT2D eigenvalue weighted by molar-refractivity contribution is 7.92. The minimum atomic E-state index is -3.45. The van der Waals surface area contributed by atoms with E-state index in [0.717, 1.165) is 21.7 Å². The van der Waals surface area contributed by atoms with Gasteiger partial charge in [-0.3, -0.25) is 9.10 Å². The molecule has 1 amide bonds. The molecule has 0 aliphatic heterocycles. The maximum absolute atomic E-state index is 12.7. The summed E-state index contributed by atoms with van der Waals surface area (Å²) in [6.07, 6.45) is 1.11. The number of carbonyl (C=O) groups is 1. The van der Waals surface area contributed by atoms with Gasteiger partial charge in [0.15, 0.2) is 0 Å². The van der Waals surface area contributed by atoms with Crippen LogP contribution >= 0.6 is 0 Å². The molecule has 0 saturated carbocycles. The number of carbonyl (C=O) groups excluding carboxylic acids is 1. The van der Waals surface area contributed by atoms with Gasteiger partial charge in [0.25, 0.3) is 5.91 Å². The van der Waals surface area contributed by atoms with Crippen LogP contribution in [0.25, 0.3) is 0 Å². The quantitative estimate of drug-likeness (QED) is 0.890. The highest BCUT2D eigenvalue weighted by Crippen LogP contribution is 2.23. The summed E-state index contributed by atoms with van der Waals surface area (Å²) in [5, 5.41) is 2.96. The van der Waals surface area contributed by atoms with Gasteiger partial charge < -0.3 is 5.32 Å². The Kier molecular flexibility index (Phi) is 5.52. The molecule has 134 valence electrons. The number of para-hydroxylation sites is 1. The van der Waals surface area contributed by atoms with E-state index >= 15 is 0 Å². The Morgan fingerprint density at radius 2 is 1.76 bits per heavy atom. The fourth-order valence-electron chi connectivity index (χ4n) is 2.78. The Bertz CT molecular complexity index is 891. The Balaban J connectivity index is 2.30. The van der Waals surface area contributed by atoms with E-state index in [-0.39, 0.29) is 11.9 Å². The number of anilines is 1. The number of benzene rings is 2. The maximum Gasteiger partial charge on any atom is 0.253 e. The topological polar surface area (TPSA) is 66.5 Å². The van der Waals surface area contributed by atoms with Crippen molar-refractivity contribution in [2.24, 2.45) is 0 Å². The first-order valence-electron chi connectivity index (χ1n) is 8.02. The van der Waals surface area contributed by atoms with E-state index in [1.54, 1.807) is 24.3 Å². The highest BCUT2D eigenvalue weighted by atomic mass is 32.2. The minimum absolute atomic E-state index is 0.190. The smallest absolute Gasteiger partial charge is 0.253 e. The number of hydrogen-bond donors (Lipinski definition) is 1. The number of hydrogen-bond acceptors (Lipinski definition) is 3. The standard InChI is InChI=1S/C19H24N2O3S/c1-13-10-11-16(14(2)12-13)15(3)20-19(22)17-8-6-7-9-18(17)21(4)25(5,23)24/h6-12,15H,1-5H3,(H,20,22)/t15-/m0/s1. The second-order valence-corrected chi connectivity index (χ2v) is 8.32. The predicted molar refractivity (Wildman–Crippen MR) is 101 cm³/mol. The van der Waals surface area contributed by atoms with E-state index in [1.165, 1.54) is 12.6 Å². The van der Waals surface area contributed by atoms with Gasteiger partial charge in [-0.1, -0.05) is 35.9 Å². The molecule has 5 nitrogen and oxygen atoms in total. The average Bonchev–Trinajstić information content (AvgIpc) is 2.53. The molecular formula is C19H24N2O3S. The molecule has 1 atom stereocenters. The molecule has 1 N–H and O–H groups in total. The van der Waals surface area contributed by atoms with Gasteiger partial charge in [-0.25, -0.2) is 8.42 Å². The third-order valence-corrected chi connectivity index (χ3v) is 5.42. The van der Waals surface area contributed by atoms with Crippen LogP contribution in [0.3, 0.4) is 0 Å². The van der Waals surface area contributed by atoms with E-state index in [1.807, 2.05) is 32.9 Å². The molecule has 25 heavy (non-hydrogen) atoms. The molecule has 0 aromatic heterocycles.